The number of para-hydroxylation sites is 1. The average Bonchev–Trinajstić information content (AvgIpc) is 3.68. The predicted octanol–water partition coefficient (Wildman–Crippen LogP) is 11.1. The molecule has 49 heavy (non-hydrogen) atoms. The van der Waals surface area contributed by atoms with Crippen LogP contribution in [0.5, 0.6) is 0 Å². The fraction of sp³-hybridized carbons (Fsp3) is 0.130. The summed E-state index contributed by atoms with van der Waals surface area (Å²) in [4.78, 5) is 10.3. The van der Waals surface area contributed by atoms with Gasteiger partial charge in [0.25, 0.3) is 0 Å². The van der Waals surface area contributed by atoms with Gasteiger partial charge in [-0.05, 0) is 75.8 Å². The van der Waals surface area contributed by atoms with Gasteiger partial charge in [0.1, 0.15) is 0 Å². The molecule has 0 fully saturated rings. The molecule has 0 radical (unpaired) electrons. The Balaban J connectivity index is 1.25. The van der Waals surface area contributed by atoms with Gasteiger partial charge in [-0.3, -0.25) is 0 Å². The third-order valence-corrected chi connectivity index (χ3v) is 11.0. The Morgan fingerprint density at radius 1 is 0.592 bits per heavy atom. The summed E-state index contributed by atoms with van der Waals surface area (Å²) in [5.41, 5.74) is 16.5. The summed E-state index contributed by atoms with van der Waals surface area (Å²) in [5.74, 6) is 0.694. The van der Waals surface area contributed by atoms with Crippen molar-refractivity contribution < 1.29 is 0 Å². The second kappa shape index (κ2) is 9.78. The van der Waals surface area contributed by atoms with Crippen molar-refractivity contribution in [3.63, 3.8) is 0 Å². The number of nitrogens with zero attached hydrogens (tertiary/aromatic N) is 3. The van der Waals surface area contributed by atoms with Crippen LogP contribution in [0, 0.1) is 12.1 Å². The van der Waals surface area contributed by atoms with Gasteiger partial charge in [0, 0.05) is 38.4 Å². The number of aromatic nitrogens is 3. The first kappa shape index (κ1) is 28.1. The normalized spacial score (nSPS) is 14.7. The molecule has 2 heterocycles. The SMILES string of the molecule is CC1(C)c2ccccc2-c2cc3c4c(n(-c5cccc(-c6nc(-c7c#cccc7)c7ccccc7n6)c5)c3cc21)-c1ccccc1C4(C)C. The highest BCUT2D eigenvalue weighted by Gasteiger charge is 2.42. The van der Waals surface area contributed by atoms with E-state index in [1.54, 1.807) is 0 Å². The van der Waals surface area contributed by atoms with Gasteiger partial charge in [-0.1, -0.05) is 125 Å². The molecule has 0 aliphatic heterocycles. The minimum atomic E-state index is -0.158. The van der Waals surface area contributed by atoms with E-state index in [9.17, 15) is 0 Å². The van der Waals surface area contributed by atoms with Gasteiger partial charge >= 0.3 is 0 Å². The van der Waals surface area contributed by atoms with Gasteiger partial charge in [-0.15, -0.1) is 0 Å². The maximum absolute atomic E-state index is 5.18. The maximum Gasteiger partial charge on any atom is 0.160 e. The summed E-state index contributed by atoms with van der Waals surface area (Å²) in [6.45, 7) is 9.48. The summed E-state index contributed by atoms with van der Waals surface area (Å²) >= 11 is 0. The summed E-state index contributed by atoms with van der Waals surface area (Å²) < 4.78 is 2.50. The van der Waals surface area contributed by atoms with Crippen LogP contribution in [0.25, 0.3) is 72.5 Å². The highest BCUT2D eigenvalue weighted by molar-refractivity contribution is 6.03. The molecule has 0 amide bonds. The van der Waals surface area contributed by atoms with Crippen molar-refractivity contribution in [2.75, 3.05) is 0 Å². The van der Waals surface area contributed by atoms with Crippen LogP contribution in [0.3, 0.4) is 0 Å². The number of hydrogen-bond acceptors (Lipinski definition) is 2. The standard InChI is InChI=1S/C46H33N3/c1-45(2)36-22-11-8-19-31(36)34-26-35-40(27-38(34)45)49(43-32-20-9-12-23-37(32)46(3,4)41(35)43)30-18-14-17-29(25-30)44-47-39-24-13-10-21-33(39)42(48-44)28-15-6-5-7-16-28/h5-6,8-15,17-27H,1-4H3. The molecule has 0 bridgehead atoms. The van der Waals surface area contributed by atoms with Crippen molar-refractivity contribution in [3.8, 4) is 50.7 Å². The molecule has 10 rings (SSSR count). The lowest BCUT2D eigenvalue weighted by molar-refractivity contribution is 0.660. The second-order valence-electron chi connectivity index (χ2n) is 14.5. The monoisotopic (exact) mass is 627 g/mol. The van der Waals surface area contributed by atoms with E-state index in [0.29, 0.717) is 5.82 Å². The third kappa shape index (κ3) is 3.80. The quantitative estimate of drug-likeness (QED) is 0.195. The minimum absolute atomic E-state index is 0.101. The number of hydrogen-bond donors (Lipinski definition) is 0. The summed E-state index contributed by atoms with van der Waals surface area (Å²) in [7, 11) is 0. The van der Waals surface area contributed by atoms with Gasteiger partial charge in [-0.25, -0.2) is 9.97 Å². The van der Waals surface area contributed by atoms with Crippen molar-refractivity contribution in [3.05, 3.63) is 162 Å². The van der Waals surface area contributed by atoms with E-state index in [4.69, 9.17) is 9.97 Å². The lowest BCUT2D eigenvalue weighted by Crippen LogP contribution is -2.15. The summed E-state index contributed by atoms with van der Waals surface area (Å²) in [6, 6.07) is 52.1. The van der Waals surface area contributed by atoms with Crippen LogP contribution in [-0.2, 0) is 10.8 Å². The van der Waals surface area contributed by atoms with Crippen molar-refractivity contribution in [1.29, 1.82) is 0 Å². The minimum Gasteiger partial charge on any atom is -0.309 e. The van der Waals surface area contributed by atoms with Gasteiger partial charge in [-0.2, -0.15) is 0 Å². The van der Waals surface area contributed by atoms with E-state index < -0.39 is 0 Å². The second-order valence-corrected chi connectivity index (χ2v) is 14.5. The van der Waals surface area contributed by atoms with E-state index >= 15 is 0 Å². The number of benzene rings is 5. The van der Waals surface area contributed by atoms with Crippen LogP contribution < -0.4 is 0 Å². The molecular weight excluding hydrogens is 595 g/mol. The highest BCUT2D eigenvalue weighted by atomic mass is 15.0. The maximum atomic E-state index is 5.18. The lowest BCUT2D eigenvalue weighted by Gasteiger charge is -2.23. The molecule has 6 aromatic carbocycles. The lowest BCUT2D eigenvalue weighted by atomic mass is 9.80. The van der Waals surface area contributed by atoms with Crippen LogP contribution >= 0.6 is 0 Å². The zero-order valence-corrected chi connectivity index (χ0v) is 28.0. The van der Waals surface area contributed by atoms with Crippen LogP contribution in [0.1, 0.15) is 49.9 Å². The van der Waals surface area contributed by atoms with Crippen LogP contribution in [0.4, 0.5) is 0 Å². The zero-order chi connectivity index (χ0) is 33.1. The summed E-state index contributed by atoms with van der Waals surface area (Å²) in [5, 5.41) is 2.32. The van der Waals surface area contributed by atoms with E-state index in [0.717, 1.165) is 33.4 Å². The molecule has 3 nitrogen and oxygen atoms in total. The first-order valence-electron chi connectivity index (χ1n) is 17.0. The molecule has 0 saturated carbocycles. The Labute approximate surface area is 286 Å². The van der Waals surface area contributed by atoms with Crippen molar-refractivity contribution in [1.82, 2.24) is 14.5 Å². The number of rotatable bonds is 3. The highest BCUT2D eigenvalue weighted by Crippen LogP contribution is 2.57. The Morgan fingerprint density at radius 3 is 2.16 bits per heavy atom. The first-order chi connectivity index (χ1) is 23.8. The van der Waals surface area contributed by atoms with E-state index in [1.165, 1.54) is 55.5 Å². The molecule has 0 atom stereocenters. The van der Waals surface area contributed by atoms with Crippen molar-refractivity contribution >= 4 is 21.8 Å². The number of fused-ring (bicyclic) bond motifs is 9. The van der Waals surface area contributed by atoms with Gasteiger partial charge in [0.05, 0.1) is 28.0 Å². The molecule has 0 N–H and O–H groups in total. The van der Waals surface area contributed by atoms with Crippen molar-refractivity contribution in [2.45, 2.75) is 38.5 Å². The van der Waals surface area contributed by atoms with E-state index in [1.807, 2.05) is 30.3 Å². The Kier molecular flexibility index (Phi) is 5.60. The molecule has 2 aromatic heterocycles. The topological polar surface area (TPSA) is 30.7 Å². The van der Waals surface area contributed by atoms with Crippen LogP contribution in [-0.4, -0.2) is 14.5 Å². The molecular formula is C46H33N3. The Bertz CT molecular complexity index is 2660. The van der Waals surface area contributed by atoms with Gasteiger partial charge < -0.3 is 4.57 Å². The Morgan fingerprint density at radius 2 is 1.35 bits per heavy atom. The fourth-order valence-corrected chi connectivity index (χ4v) is 8.69. The molecule has 232 valence electrons. The van der Waals surface area contributed by atoms with E-state index in [-0.39, 0.29) is 10.8 Å². The molecule has 3 heteroatoms. The molecule has 2 aliphatic carbocycles. The fourth-order valence-electron chi connectivity index (χ4n) is 8.69. The first-order valence-corrected chi connectivity index (χ1v) is 17.0. The van der Waals surface area contributed by atoms with Crippen LogP contribution in [0.15, 0.2) is 127 Å². The summed E-state index contributed by atoms with van der Waals surface area (Å²) in [6.07, 6.45) is 0. The largest absolute Gasteiger partial charge is 0.309 e. The molecule has 2 aliphatic rings. The zero-order valence-electron chi connectivity index (χ0n) is 28.0. The molecule has 8 aromatic rings. The van der Waals surface area contributed by atoms with Gasteiger partial charge in [0.15, 0.2) is 5.82 Å². The average molecular weight is 628 g/mol. The predicted molar refractivity (Wildman–Crippen MR) is 200 cm³/mol. The molecule has 0 unspecified atom stereocenters. The Hall–Kier alpha value is -5.98. The third-order valence-electron chi connectivity index (χ3n) is 11.0. The van der Waals surface area contributed by atoms with Gasteiger partial charge in [0.2, 0.25) is 0 Å². The van der Waals surface area contributed by atoms with Crippen LogP contribution in [0.2, 0.25) is 0 Å². The molecule has 0 saturated heterocycles. The van der Waals surface area contributed by atoms with Crippen molar-refractivity contribution in [2.24, 2.45) is 0 Å². The molecule has 0 spiro atoms. The smallest absolute Gasteiger partial charge is 0.160 e. The van der Waals surface area contributed by atoms with E-state index in [2.05, 4.69) is 141 Å².